The van der Waals surface area contributed by atoms with Crippen molar-refractivity contribution in [3.05, 3.63) is 69.3 Å². The monoisotopic (exact) mass is 393 g/mol. The Hall–Kier alpha value is -1.72. The minimum atomic E-state index is 0.507. The lowest BCUT2D eigenvalue weighted by molar-refractivity contribution is 0.105. The van der Waals surface area contributed by atoms with E-state index in [1.807, 2.05) is 12.1 Å². The fourth-order valence-corrected chi connectivity index (χ4v) is 3.71. The zero-order valence-electron chi connectivity index (χ0n) is 13.1. The van der Waals surface area contributed by atoms with Crippen molar-refractivity contribution in [2.45, 2.75) is 13.3 Å². The van der Waals surface area contributed by atoms with Gasteiger partial charge in [0, 0.05) is 33.1 Å². The number of para-hydroxylation sites is 1. The second-order valence-corrected chi connectivity index (χ2v) is 7.09. The Morgan fingerprint density at radius 3 is 2.60 bits per heavy atom. The van der Waals surface area contributed by atoms with Crippen LogP contribution in [0.25, 0.3) is 11.3 Å². The summed E-state index contributed by atoms with van der Waals surface area (Å²) in [5.41, 5.74) is 3.75. The molecule has 1 aliphatic rings. The molecule has 0 N–H and O–H groups in total. The lowest BCUT2D eigenvalue weighted by Crippen LogP contribution is -2.32. The van der Waals surface area contributed by atoms with Crippen molar-refractivity contribution in [3.63, 3.8) is 0 Å². The van der Waals surface area contributed by atoms with E-state index in [-0.39, 0.29) is 0 Å². The summed E-state index contributed by atoms with van der Waals surface area (Å²) in [5, 5.41) is 6.24. The molecule has 4 nitrogen and oxygen atoms in total. The molecule has 2 aromatic carbocycles. The van der Waals surface area contributed by atoms with E-state index < -0.39 is 0 Å². The SMILES string of the molecule is Clc1cc(Cl)cc(-c2nn(CN3COCc4ccccc43)cc2Cl)c1. The third-order valence-electron chi connectivity index (χ3n) is 4.01. The van der Waals surface area contributed by atoms with Gasteiger partial charge in [0.05, 0.1) is 11.6 Å². The minimum absolute atomic E-state index is 0.507. The van der Waals surface area contributed by atoms with Gasteiger partial charge >= 0.3 is 0 Å². The predicted molar refractivity (Wildman–Crippen MR) is 101 cm³/mol. The van der Waals surface area contributed by atoms with Gasteiger partial charge in [0.25, 0.3) is 0 Å². The summed E-state index contributed by atoms with van der Waals surface area (Å²) in [6.07, 6.45) is 1.79. The predicted octanol–water partition coefficient (Wildman–Crippen LogP) is 5.46. The van der Waals surface area contributed by atoms with Crippen molar-refractivity contribution in [3.8, 4) is 11.3 Å². The van der Waals surface area contributed by atoms with Crippen molar-refractivity contribution in [1.29, 1.82) is 0 Å². The summed E-state index contributed by atoms with van der Waals surface area (Å²) in [6, 6.07) is 13.5. The van der Waals surface area contributed by atoms with E-state index in [4.69, 9.17) is 39.5 Å². The summed E-state index contributed by atoms with van der Waals surface area (Å²) in [4.78, 5) is 2.11. The number of aromatic nitrogens is 2. The van der Waals surface area contributed by atoms with Crippen LogP contribution in [0.15, 0.2) is 48.7 Å². The zero-order valence-corrected chi connectivity index (χ0v) is 15.4. The Bertz CT molecular complexity index is 905. The molecule has 1 aliphatic heterocycles. The summed E-state index contributed by atoms with van der Waals surface area (Å²) >= 11 is 18.6. The molecule has 0 saturated heterocycles. The van der Waals surface area contributed by atoms with E-state index in [1.54, 1.807) is 29.1 Å². The van der Waals surface area contributed by atoms with Crippen LogP contribution in [0.5, 0.6) is 0 Å². The van der Waals surface area contributed by atoms with E-state index >= 15 is 0 Å². The molecule has 0 saturated carbocycles. The number of anilines is 1. The molecule has 0 bridgehead atoms. The molecule has 0 spiro atoms. The van der Waals surface area contributed by atoms with Crippen molar-refractivity contribution >= 4 is 40.5 Å². The highest BCUT2D eigenvalue weighted by atomic mass is 35.5. The average Bonchev–Trinajstić information content (AvgIpc) is 2.95. The number of benzene rings is 2. The van der Waals surface area contributed by atoms with Crippen LogP contribution in [0, 0.1) is 0 Å². The maximum atomic E-state index is 6.38. The van der Waals surface area contributed by atoms with E-state index in [0.717, 1.165) is 16.8 Å². The quantitative estimate of drug-likeness (QED) is 0.591. The summed E-state index contributed by atoms with van der Waals surface area (Å²) in [5.74, 6) is 0. The van der Waals surface area contributed by atoms with E-state index in [9.17, 15) is 0 Å². The molecule has 7 heteroatoms. The first kappa shape index (κ1) is 16.7. The lowest BCUT2D eigenvalue weighted by atomic mass is 10.1. The average molecular weight is 395 g/mol. The molecule has 3 aromatic rings. The van der Waals surface area contributed by atoms with Crippen LogP contribution in [-0.2, 0) is 18.0 Å². The number of rotatable bonds is 3. The first-order valence-corrected chi connectivity index (χ1v) is 8.83. The van der Waals surface area contributed by atoms with Crippen LogP contribution < -0.4 is 4.90 Å². The van der Waals surface area contributed by atoms with E-state index in [0.29, 0.717) is 40.8 Å². The minimum Gasteiger partial charge on any atom is -0.356 e. The Labute approximate surface area is 160 Å². The Morgan fingerprint density at radius 2 is 1.80 bits per heavy atom. The fraction of sp³-hybridized carbons (Fsp3) is 0.167. The van der Waals surface area contributed by atoms with Gasteiger partial charge in [-0.25, -0.2) is 0 Å². The number of halogens is 3. The summed E-state index contributed by atoms with van der Waals surface area (Å²) < 4.78 is 7.44. The molecule has 1 aromatic heterocycles. The van der Waals surface area contributed by atoms with Crippen LogP contribution in [0.2, 0.25) is 15.1 Å². The molecule has 4 rings (SSSR count). The smallest absolute Gasteiger partial charge is 0.121 e. The Morgan fingerprint density at radius 1 is 1.04 bits per heavy atom. The molecule has 2 heterocycles. The third kappa shape index (κ3) is 3.48. The molecule has 0 fully saturated rings. The maximum absolute atomic E-state index is 6.38. The highest BCUT2D eigenvalue weighted by Crippen LogP contribution is 2.32. The van der Waals surface area contributed by atoms with Crippen molar-refractivity contribution in [2.24, 2.45) is 0 Å². The molecule has 0 atom stereocenters. The first-order valence-electron chi connectivity index (χ1n) is 7.70. The standard InChI is InChI=1S/C18H14Cl3N3O/c19-14-5-13(6-15(20)7-14)18-16(21)8-24(22-18)10-23-11-25-9-12-3-1-2-4-17(12)23/h1-8H,9-11H2. The van der Waals surface area contributed by atoms with Crippen LogP contribution in [-0.4, -0.2) is 16.5 Å². The second-order valence-electron chi connectivity index (χ2n) is 5.81. The van der Waals surface area contributed by atoms with Crippen LogP contribution >= 0.6 is 34.8 Å². The highest BCUT2D eigenvalue weighted by Gasteiger charge is 2.18. The lowest BCUT2D eigenvalue weighted by Gasteiger charge is -2.30. The molecule has 0 unspecified atom stereocenters. The highest BCUT2D eigenvalue weighted by molar-refractivity contribution is 6.36. The van der Waals surface area contributed by atoms with Crippen molar-refractivity contribution in [2.75, 3.05) is 11.6 Å². The van der Waals surface area contributed by atoms with Crippen LogP contribution in [0.1, 0.15) is 5.56 Å². The van der Waals surface area contributed by atoms with Gasteiger partial charge in [0.2, 0.25) is 0 Å². The van der Waals surface area contributed by atoms with Crippen molar-refractivity contribution < 1.29 is 4.74 Å². The van der Waals surface area contributed by atoms with E-state index in [1.165, 1.54) is 0 Å². The molecular formula is C18H14Cl3N3O. The van der Waals surface area contributed by atoms with Gasteiger partial charge in [0.15, 0.2) is 0 Å². The second kappa shape index (κ2) is 6.89. The van der Waals surface area contributed by atoms with Gasteiger partial charge in [0.1, 0.15) is 19.1 Å². The van der Waals surface area contributed by atoms with Gasteiger partial charge in [-0.1, -0.05) is 53.0 Å². The van der Waals surface area contributed by atoms with Crippen molar-refractivity contribution in [1.82, 2.24) is 9.78 Å². The number of nitrogens with zero attached hydrogens (tertiary/aromatic N) is 3. The number of fused-ring (bicyclic) bond motifs is 1. The van der Waals surface area contributed by atoms with E-state index in [2.05, 4.69) is 22.1 Å². The molecule has 128 valence electrons. The largest absolute Gasteiger partial charge is 0.356 e. The molecular weight excluding hydrogens is 381 g/mol. The van der Waals surface area contributed by atoms with Gasteiger partial charge in [-0.2, -0.15) is 5.10 Å². The van der Waals surface area contributed by atoms with Gasteiger partial charge < -0.3 is 9.64 Å². The number of hydrogen-bond acceptors (Lipinski definition) is 3. The summed E-state index contributed by atoms with van der Waals surface area (Å²) in [6.45, 7) is 1.66. The molecule has 0 radical (unpaired) electrons. The van der Waals surface area contributed by atoms with Crippen LogP contribution in [0.4, 0.5) is 5.69 Å². The maximum Gasteiger partial charge on any atom is 0.121 e. The topological polar surface area (TPSA) is 30.3 Å². The van der Waals surface area contributed by atoms with Gasteiger partial charge in [-0.15, -0.1) is 0 Å². The summed E-state index contributed by atoms with van der Waals surface area (Å²) in [7, 11) is 0. The molecule has 0 aliphatic carbocycles. The Balaban J connectivity index is 1.63. The molecule has 25 heavy (non-hydrogen) atoms. The number of hydrogen-bond donors (Lipinski definition) is 0. The third-order valence-corrected chi connectivity index (χ3v) is 4.72. The number of ether oxygens (including phenoxy) is 1. The fourth-order valence-electron chi connectivity index (χ4n) is 2.92. The zero-order chi connectivity index (χ0) is 17.4. The van der Waals surface area contributed by atoms with Crippen LogP contribution in [0.3, 0.4) is 0 Å². The van der Waals surface area contributed by atoms with Gasteiger partial charge in [-0.05, 0) is 24.3 Å². The normalized spacial score (nSPS) is 13.8. The Kier molecular flexibility index (Phi) is 4.61. The first-order chi connectivity index (χ1) is 12.1. The van der Waals surface area contributed by atoms with Gasteiger partial charge in [-0.3, -0.25) is 4.68 Å². The molecule has 0 amide bonds.